The van der Waals surface area contributed by atoms with E-state index < -0.39 is 47.9 Å². The molecular weight excluding hydrogens is 560 g/mol. The van der Waals surface area contributed by atoms with Crippen LogP contribution in [-0.2, 0) is 9.59 Å². The number of hydrogen-bond acceptors (Lipinski definition) is 7. The number of hydrogen-bond donors (Lipinski definition) is 0. The van der Waals surface area contributed by atoms with Crippen LogP contribution in [-0.4, -0.2) is 53.1 Å². The van der Waals surface area contributed by atoms with Crippen LogP contribution in [0.2, 0.25) is 5.02 Å². The Balaban J connectivity index is 1.37. The molecule has 10 heteroatoms. The predicted molar refractivity (Wildman–Crippen MR) is 153 cm³/mol. The molecule has 1 aliphatic heterocycles. The van der Waals surface area contributed by atoms with Crippen LogP contribution in [0.4, 0.5) is 0 Å². The molecule has 2 atom stereocenters. The van der Waals surface area contributed by atoms with Crippen molar-refractivity contribution in [3.8, 4) is 11.5 Å². The first-order chi connectivity index (χ1) is 20.2. The molecule has 0 N–H and O–H groups in total. The number of benzene rings is 3. The van der Waals surface area contributed by atoms with Crippen molar-refractivity contribution in [2.24, 2.45) is 11.8 Å². The lowest BCUT2D eigenvalue weighted by Crippen LogP contribution is -2.52. The molecule has 42 heavy (non-hydrogen) atoms. The molecule has 3 aromatic rings. The number of nitrogens with zero attached hydrogens (tertiary/aromatic N) is 2. The van der Waals surface area contributed by atoms with Crippen LogP contribution in [0.25, 0.3) is 0 Å². The molecule has 1 aliphatic carbocycles. The molecule has 0 saturated carbocycles. The molecule has 0 unspecified atom stereocenters. The molecule has 2 aliphatic rings. The second-order valence-corrected chi connectivity index (χ2v) is 10.5. The number of amides is 3. The Hall–Kier alpha value is -4.76. The minimum atomic E-state index is -0.747. The number of hydrazine groups is 1. The van der Waals surface area contributed by atoms with Crippen LogP contribution in [0, 0.1) is 11.8 Å². The van der Waals surface area contributed by atoms with Crippen molar-refractivity contribution in [3.63, 3.8) is 0 Å². The van der Waals surface area contributed by atoms with Crippen molar-refractivity contribution in [1.29, 1.82) is 0 Å². The van der Waals surface area contributed by atoms with Gasteiger partial charge in [0.1, 0.15) is 18.0 Å². The lowest BCUT2D eigenvalue weighted by Gasteiger charge is -2.30. The lowest BCUT2D eigenvalue weighted by atomic mass is 9.82. The number of carbonyl (C=O) groups excluding carboxylic acids is 5. The molecule has 3 aromatic carbocycles. The number of fused-ring (bicyclic) bond motifs is 1. The summed E-state index contributed by atoms with van der Waals surface area (Å²) in [7, 11) is 1.49. The highest BCUT2D eigenvalue weighted by molar-refractivity contribution is 6.34. The Bertz CT molecular complexity index is 1620. The van der Waals surface area contributed by atoms with Crippen LogP contribution >= 0.6 is 11.6 Å². The lowest BCUT2D eigenvalue weighted by molar-refractivity contribution is -0.154. The molecule has 1 heterocycles. The molecule has 0 radical (unpaired) electrons. The van der Waals surface area contributed by atoms with Crippen molar-refractivity contribution in [3.05, 3.63) is 106 Å². The molecule has 0 aromatic heterocycles. The molecule has 0 spiro atoms. The first kappa shape index (κ1) is 28.8. The summed E-state index contributed by atoms with van der Waals surface area (Å²) >= 11 is 6.28. The number of ether oxygens (including phenoxy) is 2. The zero-order valence-corrected chi connectivity index (χ0v) is 23.7. The normalized spacial score (nSPS) is 17.8. The van der Waals surface area contributed by atoms with Gasteiger partial charge in [-0.15, -0.1) is 0 Å². The number of Topliss-reactive ketones (excluding diaryl/α,β-unsaturated/α-hetero) is 1. The van der Waals surface area contributed by atoms with E-state index in [0.717, 1.165) is 15.6 Å². The topological polar surface area (TPSA) is 110 Å². The number of esters is 1. The molecule has 1 saturated heterocycles. The predicted octanol–water partition coefficient (Wildman–Crippen LogP) is 5.15. The zero-order chi connectivity index (χ0) is 30.0. The number of rotatable bonds is 8. The van der Waals surface area contributed by atoms with E-state index in [9.17, 15) is 24.0 Å². The fraction of sp³-hybridized carbons (Fsp3) is 0.219. The summed E-state index contributed by atoms with van der Waals surface area (Å²) in [5, 5.41) is 1.82. The van der Waals surface area contributed by atoms with Gasteiger partial charge >= 0.3 is 5.97 Å². The third-order valence-corrected chi connectivity index (χ3v) is 7.70. The second kappa shape index (κ2) is 12.0. The summed E-state index contributed by atoms with van der Waals surface area (Å²) < 4.78 is 10.5. The van der Waals surface area contributed by atoms with Crippen molar-refractivity contribution in [2.75, 3.05) is 13.7 Å². The van der Waals surface area contributed by atoms with Gasteiger partial charge in [-0.3, -0.25) is 19.2 Å². The molecule has 214 valence electrons. The highest BCUT2D eigenvalue weighted by Gasteiger charge is 2.51. The average Bonchev–Trinajstić information content (AvgIpc) is 3.24. The minimum Gasteiger partial charge on any atom is -0.497 e. The molecule has 0 bridgehead atoms. The highest BCUT2D eigenvalue weighted by atomic mass is 35.5. The van der Waals surface area contributed by atoms with Crippen LogP contribution in [0.1, 0.15) is 50.8 Å². The van der Waals surface area contributed by atoms with Gasteiger partial charge in [-0.25, -0.2) is 9.80 Å². The standard InChI is InChI=1S/C32H27ClN2O7/c1-19-10-15-24-26(16-19)31(39)35(30(24)38)34(29(37)25-8-3-4-9-27(25)33)18-28(36)20-11-13-22(14-12-20)42-32(40)21-6-5-7-23(17-21)41-2/h3-14,17,24,26H,15-16,18H2,1-2H3/t24-,26+/m0/s1. The molecule has 1 fully saturated rings. The van der Waals surface area contributed by atoms with Crippen LogP contribution in [0.3, 0.4) is 0 Å². The van der Waals surface area contributed by atoms with Gasteiger partial charge in [0.2, 0.25) is 0 Å². The van der Waals surface area contributed by atoms with E-state index in [1.165, 1.54) is 43.5 Å². The van der Waals surface area contributed by atoms with Gasteiger partial charge in [0.05, 0.1) is 35.1 Å². The number of ketones is 1. The van der Waals surface area contributed by atoms with E-state index in [2.05, 4.69) is 0 Å². The highest BCUT2D eigenvalue weighted by Crippen LogP contribution is 2.39. The van der Waals surface area contributed by atoms with E-state index in [-0.39, 0.29) is 27.5 Å². The van der Waals surface area contributed by atoms with Crippen molar-refractivity contribution >= 4 is 41.1 Å². The van der Waals surface area contributed by atoms with Gasteiger partial charge < -0.3 is 9.47 Å². The van der Waals surface area contributed by atoms with Crippen LogP contribution in [0.5, 0.6) is 11.5 Å². The average molecular weight is 587 g/mol. The fourth-order valence-corrected chi connectivity index (χ4v) is 5.33. The Morgan fingerprint density at radius 1 is 0.905 bits per heavy atom. The maximum atomic E-state index is 13.7. The molecule has 9 nitrogen and oxygen atoms in total. The Morgan fingerprint density at radius 2 is 1.62 bits per heavy atom. The van der Waals surface area contributed by atoms with Gasteiger partial charge in [-0.05, 0) is 74.4 Å². The maximum absolute atomic E-state index is 13.7. The molecular formula is C32H27ClN2O7. The van der Waals surface area contributed by atoms with Gasteiger partial charge in [-0.2, -0.15) is 5.01 Å². The minimum absolute atomic E-state index is 0.0524. The summed E-state index contributed by atoms with van der Waals surface area (Å²) in [5.74, 6) is -3.45. The SMILES string of the molecule is COc1cccc(C(=O)Oc2ccc(C(=O)CN(C(=O)c3ccccc3Cl)N3C(=O)[C@H]4CC=C(C)C[C@H]4C3=O)cc2)c1. The monoisotopic (exact) mass is 586 g/mol. The number of imide groups is 1. The summed E-state index contributed by atoms with van der Waals surface area (Å²) in [6.07, 6.45) is 2.71. The summed E-state index contributed by atoms with van der Waals surface area (Å²) in [4.78, 5) is 66.6. The number of carbonyl (C=O) groups is 5. The molecule has 5 rings (SSSR count). The van der Waals surface area contributed by atoms with Crippen molar-refractivity contribution in [2.45, 2.75) is 19.8 Å². The van der Waals surface area contributed by atoms with Crippen molar-refractivity contribution in [1.82, 2.24) is 10.0 Å². The van der Waals surface area contributed by atoms with E-state index in [4.69, 9.17) is 21.1 Å². The van der Waals surface area contributed by atoms with Gasteiger partial charge in [0.15, 0.2) is 5.78 Å². The van der Waals surface area contributed by atoms with Crippen LogP contribution in [0.15, 0.2) is 84.4 Å². The van der Waals surface area contributed by atoms with Crippen molar-refractivity contribution < 1.29 is 33.4 Å². The summed E-state index contributed by atoms with van der Waals surface area (Å²) in [5.41, 5.74) is 1.51. The Kier molecular flexibility index (Phi) is 8.22. The maximum Gasteiger partial charge on any atom is 0.343 e. The first-order valence-electron chi connectivity index (χ1n) is 13.3. The van der Waals surface area contributed by atoms with Gasteiger partial charge in [-0.1, -0.05) is 41.4 Å². The first-order valence-corrected chi connectivity index (χ1v) is 13.6. The smallest absolute Gasteiger partial charge is 0.343 e. The zero-order valence-electron chi connectivity index (χ0n) is 22.9. The Morgan fingerprint density at radius 3 is 2.33 bits per heavy atom. The Labute approximate surface area is 247 Å². The van der Waals surface area contributed by atoms with Crippen LogP contribution < -0.4 is 9.47 Å². The quantitative estimate of drug-likeness (QED) is 0.118. The van der Waals surface area contributed by atoms with Gasteiger partial charge in [0.25, 0.3) is 17.7 Å². The summed E-state index contributed by atoms with van der Waals surface area (Å²) in [6.45, 7) is 1.31. The number of halogens is 1. The molecule has 3 amide bonds. The van der Waals surface area contributed by atoms with E-state index in [1.807, 2.05) is 13.0 Å². The third-order valence-electron chi connectivity index (χ3n) is 7.37. The fourth-order valence-electron chi connectivity index (χ4n) is 5.12. The summed E-state index contributed by atoms with van der Waals surface area (Å²) in [6, 6.07) is 18.5. The second-order valence-electron chi connectivity index (χ2n) is 10.1. The number of methoxy groups -OCH3 is 1. The van der Waals surface area contributed by atoms with Gasteiger partial charge in [0, 0.05) is 5.56 Å². The number of allylic oxidation sites excluding steroid dienone is 2. The third kappa shape index (κ3) is 5.69. The largest absolute Gasteiger partial charge is 0.497 e. The van der Waals surface area contributed by atoms with E-state index >= 15 is 0 Å². The van der Waals surface area contributed by atoms with E-state index in [0.29, 0.717) is 18.6 Å². The van der Waals surface area contributed by atoms with E-state index in [1.54, 1.807) is 36.4 Å².